The van der Waals surface area contributed by atoms with E-state index in [-0.39, 0.29) is 5.69 Å². The van der Waals surface area contributed by atoms with Gasteiger partial charge in [0.05, 0.1) is 26.5 Å². The van der Waals surface area contributed by atoms with Crippen LogP contribution in [0, 0.1) is 0 Å². The maximum atomic E-state index is 11.1. The molecule has 0 atom stereocenters. The molecule has 1 N–H and O–H groups in total. The van der Waals surface area contributed by atoms with Crippen LogP contribution in [0.4, 0.5) is 0 Å². The van der Waals surface area contributed by atoms with Gasteiger partial charge in [0.15, 0.2) is 17.2 Å². The van der Waals surface area contributed by atoms with Crippen LogP contribution in [-0.2, 0) is 13.0 Å². The number of aromatic nitrogens is 3. The zero-order valence-electron chi connectivity index (χ0n) is 12.2. The molecule has 0 aliphatic carbocycles. The molecule has 0 fully saturated rings. The molecule has 7 heteroatoms. The summed E-state index contributed by atoms with van der Waals surface area (Å²) in [6.07, 6.45) is 0.544. The van der Waals surface area contributed by atoms with Crippen LogP contribution in [0.1, 0.15) is 28.7 Å². The molecule has 2 aromatic rings. The van der Waals surface area contributed by atoms with Crippen molar-refractivity contribution in [1.29, 1.82) is 0 Å². The highest BCUT2D eigenvalue weighted by Gasteiger charge is 2.17. The maximum Gasteiger partial charge on any atom is 0.358 e. The highest BCUT2D eigenvalue weighted by atomic mass is 16.5. The monoisotopic (exact) mass is 291 g/mol. The molecule has 0 saturated heterocycles. The van der Waals surface area contributed by atoms with Gasteiger partial charge in [0.1, 0.15) is 0 Å². The number of rotatable bonds is 6. The second-order valence-electron chi connectivity index (χ2n) is 4.39. The summed E-state index contributed by atoms with van der Waals surface area (Å²) in [6, 6.07) is 5.51. The first-order chi connectivity index (χ1) is 10.1. The molecule has 2 rings (SSSR count). The Kier molecular flexibility index (Phi) is 4.42. The minimum Gasteiger partial charge on any atom is -0.493 e. The fourth-order valence-corrected chi connectivity index (χ4v) is 2.13. The van der Waals surface area contributed by atoms with Crippen LogP contribution < -0.4 is 9.47 Å². The quantitative estimate of drug-likeness (QED) is 0.870. The molecule has 0 bridgehead atoms. The summed E-state index contributed by atoms with van der Waals surface area (Å²) < 4.78 is 12.0. The minimum absolute atomic E-state index is 0.00187. The topological polar surface area (TPSA) is 86.5 Å². The van der Waals surface area contributed by atoms with Crippen molar-refractivity contribution in [1.82, 2.24) is 15.0 Å². The average molecular weight is 291 g/mol. The molecule has 0 spiro atoms. The number of methoxy groups -OCH3 is 2. The lowest BCUT2D eigenvalue weighted by molar-refractivity contribution is 0.0689. The SMILES string of the molecule is CCc1c(C(=O)O)nnn1Cc1ccc(OC)c(OC)c1. The van der Waals surface area contributed by atoms with Gasteiger partial charge in [-0.05, 0) is 24.1 Å². The van der Waals surface area contributed by atoms with Crippen molar-refractivity contribution < 1.29 is 19.4 Å². The fraction of sp³-hybridized carbons (Fsp3) is 0.357. The summed E-state index contributed by atoms with van der Waals surface area (Å²) in [6.45, 7) is 2.29. The zero-order valence-corrected chi connectivity index (χ0v) is 12.2. The van der Waals surface area contributed by atoms with Crippen molar-refractivity contribution in [2.45, 2.75) is 19.9 Å². The van der Waals surface area contributed by atoms with E-state index in [0.717, 1.165) is 5.56 Å². The van der Waals surface area contributed by atoms with Crippen LogP contribution >= 0.6 is 0 Å². The van der Waals surface area contributed by atoms with Gasteiger partial charge in [-0.2, -0.15) is 0 Å². The van der Waals surface area contributed by atoms with Crippen molar-refractivity contribution in [3.05, 3.63) is 35.2 Å². The summed E-state index contributed by atoms with van der Waals surface area (Å²) >= 11 is 0. The van der Waals surface area contributed by atoms with E-state index in [2.05, 4.69) is 10.3 Å². The highest BCUT2D eigenvalue weighted by molar-refractivity contribution is 5.86. The van der Waals surface area contributed by atoms with Crippen molar-refractivity contribution in [2.24, 2.45) is 0 Å². The Morgan fingerprint density at radius 3 is 2.57 bits per heavy atom. The molecule has 0 aliphatic heterocycles. The molecule has 0 radical (unpaired) electrons. The summed E-state index contributed by atoms with van der Waals surface area (Å²) in [4.78, 5) is 11.1. The van der Waals surface area contributed by atoms with E-state index in [4.69, 9.17) is 14.6 Å². The molecule has 7 nitrogen and oxygen atoms in total. The molecule has 1 aromatic heterocycles. The van der Waals surface area contributed by atoms with Gasteiger partial charge in [0.25, 0.3) is 0 Å². The highest BCUT2D eigenvalue weighted by Crippen LogP contribution is 2.28. The largest absolute Gasteiger partial charge is 0.493 e. The average Bonchev–Trinajstić information content (AvgIpc) is 2.89. The first kappa shape index (κ1) is 14.8. The predicted octanol–water partition coefficient (Wildman–Crippen LogP) is 1.60. The minimum atomic E-state index is -1.06. The van der Waals surface area contributed by atoms with Crippen molar-refractivity contribution in [3.8, 4) is 11.5 Å². The third kappa shape index (κ3) is 2.96. The first-order valence-corrected chi connectivity index (χ1v) is 6.47. The molecule has 0 aliphatic rings. The lowest BCUT2D eigenvalue weighted by Crippen LogP contribution is -2.08. The van der Waals surface area contributed by atoms with E-state index >= 15 is 0 Å². The van der Waals surface area contributed by atoms with E-state index in [1.54, 1.807) is 25.0 Å². The Balaban J connectivity index is 2.32. The van der Waals surface area contributed by atoms with Gasteiger partial charge in [0.2, 0.25) is 0 Å². The number of benzene rings is 1. The second kappa shape index (κ2) is 6.25. The summed E-state index contributed by atoms with van der Waals surface area (Å²) in [7, 11) is 3.14. The van der Waals surface area contributed by atoms with Crippen LogP contribution in [0.15, 0.2) is 18.2 Å². The third-order valence-corrected chi connectivity index (χ3v) is 3.16. The number of carboxylic acid groups (broad SMARTS) is 1. The number of hydrogen-bond donors (Lipinski definition) is 1. The second-order valence-corrected chi connectivity index (χ2v) is 4.39. The Morgan fingerprint density at radius 2 is 2.00 bits per heavy atom. The lowest BCUT2D eigenvalue weighted by atomic mass is 10.2. The van der Waals surface area contributed by atoms with Gasteiger partial charge >= 0.3 is 5.97 Å². The van der Waals surface area contributed by atoms with Gasteiger partial charge in [-0.1, -0.05) is 18.2 Å². The first-order valence-electron chi connectivity index (χ1n) is 6.47. The molecule has 1 heterocycles. The molecular weight excluding hydrogens is 274 g/mol. The zero-order chi connectivity index (χ0) is 15.4. The Bertz CT molecular complexity index is 652. The van der Waals surface area contributed by atoms with Crippen molar-refractivity contribution >= 4 is 5.97 Å². The summed E-state index contributed by atoms with van der Waals surface area (Å²) in [5.41, 5.74) is 1.51. The van der Waals surface area contributed by atoms with E-state index in [9.17, 15) is 4.79 Å². The van der Waals surface area contributed by atoms with E-state index < -0.39 is 5.97 Å². The normalized spacial score (nSPS) is 10.4. The third-order valence-electron chi connectivity index (χ3n) is 3.16. The van der Waals surface area contributed by atoms with Crippen LogP contribution in [0.5, 0.6) is 11.5 Å². The number of nitrogens with zero attached hydrogens (tertiary/aromatic N) is 3. The smallest absolute Gasteiger partial charge is 0.358 e. The fourth-order valence-electron chi connectivity index (χ4n) is 2.13. The number of carboxylic acids is 1. The lowest BCUT2D eigenvalue weighted by Gasteiger charge is -2.10. The number of aromatic carboxylic acids is 1. The maximum absolute atomic E-state index is 11.1. The standard InChI is InChI=1S/C14H17N3O4/c1-4-10-13(14(18)19)15-16-17(10)8-9-5-6-11(20-2)12(7-9)21-3/h5-7H,4,8H2,1-3H3,(H,18,19). The van der Waals surface area contributed by atoms with Gasteiger partial charge in [-0.3, -0.25) is 0 Å². The molecule has 112 valence electrons. The van der Waals surface area contributed by atoms with Gasteiger partial charge in [0, 0.05) is 0 Å². The van der Waals surface area contributed by atoms with Crippen molar-refractivity contribution in [3.63, 3.8) is 0 Å². The molecule has 0 saturated carbocycles. The van der Waals surface area contributed by atoms with Gasteiger partial charge in [-0.25, -0.2) is 9.48 Å². The van der Waals surface area contributed by atoms with Crippen LogP contribution in [0.25, 0.3) is 0 Å². The summed E-state index contributed by atoms with van der Waals surface area (Å²) in [5.74, 6) is 0.193. The number of ether oxygens (including phenoxy) is 2. The van der Waals surface area contributed by atoms with Crippen LogP contribution in [0.2, 0.25) is 0 Å². The van der Waals surface area contributed by atoms with Crippen LogP contribution in [0.3, 0.4) is 0 Å². The summed E-state index contributed by atoms with van der Waals surface area (Å²) in [5, 5.41) is 16.7. The predicted molar refractivity (Wildman–Crippen MR) is 75.0 cm³/mol. The van der Waals surface area contributed by atoms with Gasteiger partial charge < -0.3 is 14.6 Å². The van der Waals surface area contributed by atoms with Gasteiger partial charge in [-0.15, -0.1) is 5.10 Å². The molecule has 0 unspecified atom stereocenters. The van der Waals surface area contributed by atoms with Crippen molar-refractivity contribution in [2.75, 3.05) is 14.2 Å². The Hall–Kier alpha value is -2.57. The number of hydrogen-bond acceptors (Lipinski definition) is 5. The molecule has 21 heavy (non-hydrogen) atoms. The molecular formula is C14H17N3O4. The number of carbonyl (C=O) groups is 1. The van der Waals surface area contributed by atoms with Crippen LogP contribution in [-0.4, -0.2) is 40.3 Å². The van der Waals surface area contributed by atoms with E-state index in [0.29, 0.717) is 30.2 Å². The Labute approximate surface area is 122 Å². The molecule has 1 aromatic carbocycles. The Morgan fingerprint density at radius 1 is 1.29 bits per heavy atom. The van der Waals surface area contributed by atoms with E-state index in [1.165, 1.54) is 0 Å². The molecule has 0 amide bonds. The van der Waals surface area contributed by atoms with E-state index in [1.807, 2.05) is 19.1 Å².